The minimum Gasteiger partial charge on any atom is -0.309 e. The van der Waals surface area contributed by atoms with E-state index >= 15 is 0 Å². The Morgan fingerprint density at radius 3 is 1.29 bits per heavy atom. The van der Waals surface area contributed by atoms with Crippen LogP contribution in [0.25, 0.3) is 95.0 Å². The van der Waals surface area contributed by atoms with Gasteiger partial charge in [-0.15, -0.1) is 0 Å². The van der Waals surface area contributed by atoms with Crippen LogP contribution >= 0.6 is 0 Å². The van der Waals surface area contributed by atoms with Crippen LogP contribution in [0.1, 0.15) is 5.56 Å². The molecule has 3 heterocycles. The van der Waals surface area contributed by atoms with Crippen molar-refractivity contribution in [2.24, 2.45) is 0 Å². The summed E-state index contributed by atoms with van der Waals surface area (Å²) in [5, 5.41) is 4.94. The Hall–Kier alpha value is -7.04. The van der Waals surface area contributed by atoms with Crippen molar-refractivity contribution >= 4 is 49.7 Å². The predicted molar refractivity (Wildman–Crippen MR) is 217 cm³/mol. The highest BCUT2D eigenvalue weighted by Crippen LogP contribution is 2.36. The smallest absolute Gasteiger partial charge is 0.160 e. The van der Waals surface area contributed by atoms with E-state index < -0.39 is 0 Å². The average Bonchev–Trinajstić information content (AvgIpc) is 3.74. The molecule has 0 amide bonds. The van der Waals surface area contributed by atoms with E-state index in [1.54, 1.807) is 0 Å². The zero-order valence-corrected chi connectivity index (χ0v) is 28.3. The number of fused-ring (bicyclic) bond motifs is 6. The molecule has 0 bridgehead atoms. The molecule has 0 aliphatic heterocycles. The molecule has 4 nitrogen and oxygen atoms in total. The summed E-state index contributed by atoms with van der Waals surface area (Å²) in [6.07, 6.45) is 1.86. The van der Waals surface area contributed by atoms with Gasteiger partial charge >= 0.3 is 0 Å². The summed E-state index contributed by atoms with van der Waals surface area (Å²) in [4.78, 5) is 10.5. The van der Waals surface area contributed by atoms with E-state index in [2.05, 4.69) is 192 Å². The lowest BCUT2D eigenvalue weighted by atomic mass is 10.0. The van der Waals surface area contributed by atoms with Gasteiger partial charge in [-0.2, -0.15) is 0 Å². The first-order valence-corrected chi connectivity index (χ1v) is 17.5. The maximum atomic E-state index is 5.28. The molecule has 0 N–H and O–H groups in total. The Balaban J connectivity index is 1.16. The van der Waals surface area contributed by atoms with Crippen molar-refractivity contribution in [2.45, 2.75) is 0 Å². The molecule has 0 fully saturated rings. The zero-order valence-electron chi connectivity index (χ0n) is 28.3. The van der Waals surface area contributed by atoms with Crippen molar-refractivity contribution in [3.63, 3.8) is 0 Å². The first-order chi connectivity index (χ1) is 25.7. The lowest BCUT2D eigenvalue weighted by molar-refractivity contribution is 1.15. The van der Waals surface area contributed by atoms with Gasteiger partial charge in [0.2, 0.25) is 0 Å². The number of benzene rings is 7. The monoisotopic (exact) mass is 664 g/mol. The first-order valence-electron chi connectivity index (χ1n) is 17.5. The Kier molecular flexibility index (Phi) is 6.93. The second kappa shape index (κ2) is 12.1. The number of hydrogen-bond acceptors (Lipinski definition) is 2. The Labute approximate surface area is 301 Å². The maximum Gasteiger partial charge on any atom is 0.160 e. The van der Waals surface area contributed by atoms with Crippen molar-refractivity contribution < 1.29 is 0 Å². The summed E-state index contributed by atoms with van der Waals surface area (Å²) in [6, 6.07) is 62.1. The van der Waals surface area contributed by atoms with Crippen molar-refractivity contribution in [3.05, 3.63) is 188 Å². The fourth-order valence-electron chi connectivity index (χ4n) is 7.65. The van der Waals surface area contributed by atoms with Gasteiger partial charge in [-0.05, 0) is 60.2 Å². The molecule has 0 aliphatic rings. The summed E-state index contributed by atoms with van der Waals surface area (Å²) >= 11 is 0. The second-order valence-electron chi connectivity index (χ2n) is 13.1. The highest BCUT2D eigenvalue weighted by molar-refractivity contribution is 6.10. The lowest BCUT2D eigenvalue weighted by Gasteiger charge is -2.13. The largest absolute Gasteiger partial charge is 0.309 e. The Morgan fingerprint density at radius 1 is 0.385 bits per heavy atom. The molecule has 10 rings (SSSR count). The third-order valence-corrected chi connectivity index (χ3v) is 10.1. The van der Waals surface area contributed by atoms with Gasteiger partial charge in [-0.1, -0.05) is 134 Å². The van der Waals surface area contributed by atoms with E-state index in [-0.39, 0.29) is 0 Å². The van der Waals surface area contributed by atoms with Crippen LogP contribution in [0.2, 0.25) is 0 Å². The second-order valence-corrected chi connectivity index (χ2v) is 13.1. The summed E-state index contributed by atoms with van der Waals surface area (Å²) in [5.74, 6) is 0.671. The van der Waals surface area contributed by atoms with Gasteiger partial charge in [0.25, 0.3) is 0 Å². The molecule has 0 aliphatic carbocycles. The fourth-order valence-corrected chi connectivity index (χ4v) is 7.65. The van der Waals surface area contributed by atoms with Crippen molar-refractivity contribution in [1.82, 2.24) is 19.1 Å². The summed E-state index contributed by atoms with van der Waals surface area (Å²) in [5.41, 5.74) is 12.6. The van der Waals surface area contributed by atoms with E-state index in [0.717, 1.165) is 45.0 Å². The fraction of sp³-hybridized carbons (Fsp3) is 0. The molecule has 4 heteroatoms. The number of aromatic nitrogens is 4. The van der Waals surface area contributed by atoms with Gasteiger partial charge in [0.1, 0.15) is 0 Å². The van der Waals surface area contributed by atoms with Crippen LogP contribution in [0.3, 0.4) is 0 Å². The highest BCUT2D eigenvalue weighted by Gasteiger charge is 2.16. The Morgan fingerprint density at radius 2 is 0.808 bits per heavy atom. The summed E-state index contributed by atoms with van der Waals surface area (Å²) in [6.45, 7) is 3.95. The van der Waals surface area contributed by atoms with Crippen LogP contribution < -0.4 is 0 Å². The third kappa shape index (κ3) is 4.84. The van der Waals surface area contributed by atoms with E-state index in [1.165, 1.54) is 43.6 Å². The average molecular weight is 665 g/mol. The maximum absolute atomic E-state index is 5.28. The van der Waals surface area contributed by atoms with Gasteiger partial charge in [0.15, 0.2) is 5.82 Å². The van der Waals surface area contributed by atoms with Crippen LogP contribution in [0, 0.1) is 0 Å². The number of hydrogen-bond donors (Lipinski definition) is 0. The minimum atomic E-state index is 0.671. The molecule has 52 heavy (non-hydrogen) atoms. The van der Waals surface area contributed by atoms with E-state index in [0.29, 0.717) is 5.82 Å². The van der Waals surface area contributed by atoms with Gasteiger partial charge in [-0.25, -0.2) is 9.97 Å². The summed E-state index contributed by atoms with van der Waals surface area (Å²) in [7, 11) is 0. The van der Waals surface area contributed by atoms with Gasteiger partial charge in [0.05, 0.1) is 33.5 Å². The van der Waals surface area contributed by atoms with Crippen LogP contribution in [-0.2, 0) is 0 Å². The molecule has 0 saturated heterocycles. The van der Waals surface area contributed by atoms with E-state index in [4.69, 9.17) is 9.97 Å². The zero-order chi connectivity index (χ0) is 34.6. The molecule has 244 valence electrons. The topological polar surface area (TPSA) is 35.6 Å². The van der Waals surface area contributed by atoms with Crippen molar-refractivity contribution in [1.29, 1.82) is 0 Å². The third-order valence-electron chi connectivity index (χ3n) is 10.1. The van der Waals surface area contributed by atoms with E-state index in [9.17, 15) is 0 Å². The van der Waals surface area contributed by atoms with Crippen LogP contribution in [0.4, 0.5) is 0 Å². The van der Waals surface area contributed by atoms with Gasteiger partial charge < -0.3 is 9.13 Å². The molecular weight excluding hydrogens is 633 g/mol. The quantitative estimate of drug-likeness (QED) is 0.177. The minimum absolute atomic E-state index is 0.671. The molecule has 0 spiro atoms. The van der Waals surface area contributed by atoms with Gasteiger partial charge in [0, 0.05) is 49.6 Å². The molecule has 10 aromatic rings. The molecule has 0 saturated carbocycles. The number of rotatable bonds is 6. The SMILES string of the molecule is C=Cc1ccc(-c2cc(-c3cccc(-n4c5ccccc5c5ccccc54)c3)nc(-c3cccc(-n4c5ccccc5c5ccccc54)c3)n2)cc1. The molecule has 3 aromatic heterocycles. The van der Waals surface area contributed by atoms with Crippen molar-refractivity contribution in [2.75, 3.05) is 0 Å². The molecule has 0 unspecified atom stereocenters. The van der Waals surface area contributed by atoms with Crippen LogP contribution in [0.5, 0.6) is 0 Å². The summed E-state index contributed by atoms with van der Waals surface area (Å²) < 4.78 is 4.68. The molecule has 0 atom stereocenters. The van der Waals surface area contributed by atoms with E-state index in [1.807, 2.05) is 6.08 Å². The van der Waals surface area contributed by atoms with Gasteiger partial charge in [-0.3, -0.25) is 0 Å². The highest BCUT2D eigenvalue weighted by atomic mass is 15.0. The standard InChI is InChI=1S/C48H32N4/c1-2-32-25-27-33(28-26-32)42-31-43(34-13-11-15-36(29-34)51-44-21-7-3-17-38(44)39-18-4-8-22-45(39)51)50-48(49-42)35-14-12-16-37(30-35)52-46-23-9-5-19-40(46)41-20-6-10-24-47(41)52/h2-31H,1H2. The Bertz CT molecular complexity index is 2700. The van der Waals surface area contributed by atoms with Crippen molar-refractivity contribution in [3.8, 4) is 45.3 Å². The molecular formula is C48H32N4. The number of para-hydroxylation sites is 4. The molecule has 0 radical (unpaired) electrons. The molecule has 7 aromatic carbocycles. The first kappa shape index (κ1) is 29.8. The lowest BCUT2D eigenvalue weighted by Crippen LogP contribution is -1.99. The van der Waals surface area contributed by atoms with Crippen LogP contribution in [-0.4, -0.2) is 19.1 Å². The number of nitrogens with zero attached hydrogens (tertiary/aromatic N) is 4. The normalized spacial score (nSPS) is 11.5. The predicted octanol–water partition coefficient (Wildman–Crippen LogP) is 12.3. The van der Waals surface area contributed by atoms with Crippen LogP contribution in [0.15, 0.2) is 183 Å².